The first-order valence-electron chi connectivity index (χ1n) is 5.36. The maximum Gasteiger partial charge on any atom is 0.164 e. The van der Waals surface area contributed by atoms with Gasteiger partial charge in [-0.1, -0.05) is 53.6 Å². The number of alkyl halides is 2. The molecule has 0 saturated carbocycles. The summed E-state index contributed by atoms with van der Waals surface area (Å²) in [7, 11) is -3.75. The molecule has 19 heavy (non-hydrogen) atoms. The van der Waals surface area contributed by atoms with Crippen molar-refractivity contribution in [2.75, 3.05) is 6.26 Å². The molecule has 0 fully saturated rings. The predicted octanol–water partition coefficient (Wildman–Crippen LogP) is 2.74. The lowest BCUT2D eigenvalue weighted by Gasteiger charge is -2.39. The van der Waals surface area contributed by atoms with Crippen LogP contribution in [0.3, 0.4) is 0 Å². The third kappa shape index (κ3) is 2.08. The van der Waals surface area contributed by atoms with Gasteiger partial charge in [-0.25, -0.2) is 8.42 Å². The molecule has 1 aromatic carbocycles. The van der Waals surface area contributed by atoms with Crippen LogP contribution >= 0.6 is 23.2 Å². The van der Waals surface area contributed by atoms with Crippen LogP contribution in [0.25, 0.3) is 0 Å². The number of allylic oxidation sites excluding steroid dienone is 3. The highest BCUT2D eigenvalue weighted by atomic mass is 35.5. The standard InChI is InChI=1S/C13H11Cl2O3S/c1-19(17,18)12(8-4-5-9-13(12,14)15)10-6-2-3-7-11(10)16/h2-4,6-9,16H,1H3. The number of para-hydroxylation sites is 1. The van der Waals surface area contributed by atoms with Crippen LogP contribution in [0.4, 0.5) is 0 Å². The third-order valence-corrected chi connectivity index (χ3v) is 5.95. The van der Waals surface area contributed by atoms with Crippen molar-refractivity contribution in [3.05, 3.63) is 54.1 Å². The Hall–Kier alpha value is -0.970. The number of halogens is 2. The van der Waals surface area contributed by atoms with E-state index in [1.54, 1.807) is 12.1 Å². The molecule has 0 saturated heterocycles. The van der Waals surface area contributed by atoms with Gasteiger partial charge < -0.3 is 5.11 Å². The van der Waals surface area contributed by atoms with Gasteiger partial charge in [-0.2, -0.15) is 0 Å². The lowest BCUT2D eigenvalue weighted by Crippen LogP contribution is -2.48. The van der Waals surface area contributed by atoms with E-state index in [0.717, 1.165) is 6.26 Å². The molecule has 0 bridgehead atoms. The van der Waals surface area contributed by atoms with Gasteiger partial charge in [0.15, 0.2) is 18.9 Å². The van der Waals surface area contributed by atoms with Gasteiger partial charge >= 0.3 is 0 Å². The van der Waals surface area contributed by atoms with Gasteiger partial charge in [0.25, 0.3) is 0 Å². The van der Waals surface area contributed by atoms with E-state index in [9.17, 15) is 13.5 Å². The van der Waals surface area contributed by atoms with E-state index in [2.05, 4.69) is 6.08 Å². The number of rotatable bonds is 2. The molecule has 1 aliphatic rings. The zero-order valence-corrected chi connectivity index (χ0v) is 12.3. The van der Waals surface area contributed by atoms with E-state index >= 15 is 0 Å². The summed E-state index contributed by atoms with van der Waals surface area (Å²) in [4.78, 5) is 0. The van der Waals surface area contributed by atoms with Crippen LogP contribution in [0.2, 0.25) is 0 Å². The zero-order valence-electron chi connectivity index (χ0n) is 9.97. The molecule has 1 N–H and O–H groups in total. The monoisotopic (exact) mass is 317 g/mol. The second-order valence-corrected chi connectivity index (χ2v) is 7.87. The van der Waals surface area contributed by atoms with Gasteiger partial charge in [0, 0.05) is 11.8 Å². The van der Waals surface area contributed by atoms with Crippen molar-refractivity contribution in [2.24, 2.45) is 0 Å². The van der Waals surface area contributed by atoms with Crippen molar-refractivity contribution < 1.29 is 13.5 Å². The summed E-state index contributed by atoms with van der Waals surface area (Å²) in [6, 6.07) is 6.08. The van der Waals surface area contributed by atoms with Gasteiger partial charge in [0.1, 0.15) is 5.75 Å². The van der Waals surface area contributed by atoms with Crippen LogP contribution in [-0.4, -0.2) is 24.1 Å². The fourth-order valence-electron chi connectivity index (χ4n) is 2.16. The molecule has 2 rings (SSSR count). The molecule has 0 aliphatic heterocycles. The number of phenolic OH excluding ortho intramolecular Hbond substituents is 1. The summed E-state index contributed by atoms with van der Waals surface area (Å²) in [6.07, 6.45) is 7.74. The molecule has 0 aromatic heterocycles. The number of sulfone groups is 1. The molecule has 6 heteroatoms. The zero-order chi connectivity index (χ0) is 14.3. The smallest absolute Gasteiger partial charge is 0.164 e. The molecule has 1 unspecified atom stereocenters. The second kappa shape index (κ2) is 4.54. The Labute approximate surface area is 122 Å². The molecule has 0 spiro atoms. The van der Waals surface area contributed by atoms with Gasteiger partial charge in [-0.15, -0.1) is 0 Å². The largest absolute Gasteiger partial charge is 0.508 e. The average molecular weight is 318 g/mol. The van der Waals surface area contributed by atoms with E-state index in [1.807, 2.05) is 0 Å². The van der Waals surface area contributed by atoms with E-state index in [1.165, 1.54) is 30.4 Å². The lowest BCUT2D eigenvalue weighted by molar-refractivity contribution is 0.456. The van der Waals surface area contributed by atoms with E-state index in [0.29, 0.717) is 0 Å². The molecule has 0 heterocycles. The Morgan fingerprint density at radius 1 is 1.26 bits per heavy atom. The summed E-state index contributed by atoms with van der Waals surface area (Å²) < 4.78 is 21.1. The molecule has 1 aromatic rings. The lowest BCUT2D eigenvalue weighted by atomic mass is 9.89. The van der Waals surface area contributed by atoms with Crippen LogP contribution in [0, 0.1) is 6.08 Å². The molecule has 0 amide bonds. The SMILES string of the molecule is CS(=O)(=O)C1(c2ccccc2O)C=C[C]=CC1(Cl)Cl. The maximum atomic E-state index is 12.3. The Bertz CT molecular complexity index is 662. The van der Waals surface area contributed by atoms with Crippen molar-refractivity contribution in [2.45, 2.75) is 9.08 Å². The molecular formula is C13H11Cl2O3S. The molecule has 3 nitrogen and oxygen atoms in total. The molecule has 101 valence electrons. The Kier molecular flexibility index (Phi) is 3.45. The highest BCUT2D eigenvalue weighted by Crippen LogP contribution is 2.52. The van der Waals surface area contributed by atoms with Crippen LogP contribution in [0.5, 0.6) is 5.75 Å². The van der Waals surface area contributed by atoms with Crippen molar-refractivity contribution in [3.63, 3.8) is 0 Å². The first kappa shape index (κ1) is 14.4. The van der Waals surface area contributed by atoms with Crippen molar-refractivity contribution in [1.29, 1.82) is 0 Å². The van der Waals surface area contributed by atoms with Gasteiger partial charge in [0.05, 0.1) is 0 Å². The van der Waals surface area contributed by atoms with Gasteiger partial charge in [-0.3, -0.25) is 0 Å². The van der Waals surface area contributed by atoms with Crippen LogP contribution in [-0.2, 0) is 14.6 Å². The first-order chi connectivity index (χ1) is 8.72. The van der Waals surface area contributed by atoms with Gasteiger partial charge in [0.2, 0.25) is 0 Å². The van der Waals surface area contributed by atoms with Gasteiger partial charge in [-0.05, 0) is 18.2 Å². The van der Waals surface area contributed by atoms with Crippen molar-refractivity contribution in [1.82, 2.24) is 0 Å². The van der Waals surface area contributed by atoms with Crippen molar-refractivity contribution in [3.8, 4) is 5.75 Å². The molecule has 1 aliphatic carbocycles. The van der Waals surface area contributed by atoms with E-state index in [-0.39, 0.29) is 11.3 Å². The first-order valence-corrected chi connectivity index (χ1v) is 8.01. The predicted molar refractivity (Wildman–Crippen MR) is 76.0 cm³/mol. The van der Waals surface area contributed by atoms with Crippen LogP contribution in [0.15, 0.2) is 42.5 Å². The third-order valence-electron chi connectivity index (χ3n) is 3.06. The minimum absolute atomic E-state index is 0.136. The minimum atomic E-state index is -3.75. The number of benzene rings is 1. The Morgan fingerprint density at radius 3 is 2.42 bits per heavy atom. The normalized spacial score (nSPS) is 25.4. The summed E-state index contributed by atoms with van der Waals surface area (Å²) in [5.74, 6) is -0.182. The minimum Gasteiger partial charge on any atom is -0.508 e. The van der Waals surface area contributed by atoms with Crippen molar-refractivity contribution >= 4 is 33.0 Å². The number of phenols is 1. The molecular weight excluding hydrogens is 307 g/mol. The summed E-state index contributed by atoms with van der Waals surface area (Å²) >= 11 is 12.4. The van der Waals surface area contributed by atoms with Crippen LogP contribution < -0.4 is 0 Å². The van der Waals surface area contributed by atoms with E-state index < -0.39 is 18.9 Å². The number of hydrogen-bond donors (Lipinski definition) is 1. The molecule has 1 radical (unpaired) electrons. The quantitative estimate of drug-likeness (QED) is 0.853. The second-order valence-electron chi connectivity index (χ2n) is 4.29. The fraction of sp³-hybridized carbons (Fsp3) is 0.231. The number of aromatic hydroxyl groups is 1. The maximum absolute atomic E-state index is 12.3. The summed E-state index contributed by atoms with van der Waals surface area (Å²) in [5.41, 5.74) is 0.136. The molecule has 1 atom stereocenters. The number of hydrogen-bond acceptors (Lipinski definition) is 3. The van der Waals surface area contributed by atoms with E-state index in [4.69, 9.17) is 23.2 Å². The topological polar surface area (TPSA) is 54.4 Å². The average Bonchev–Trinajstić information content (AvgIpc) is 2.28. The highest BCUT2D eigenvalue weighted by Gasteiger charge is 2.57. The fourth-order valence-corrected chi connectivity index (χ4v) is 4.90. The Balaban J connectivity index is 2.86. The summed E-state index contributed by atoms with van der Waals surface area (Å²) in [5, 5.41) is 9.97. The Morgan fingerprint density at radius 2 is 1.89 bits per heavy atom. The van der Waals surface area contributed by atoms with Crippen LogP contribution in [0.1, 0.15) is 5.56 Å². The highest BCUT2D eigenvalue weighted by molar-refractivity contribution is 7.92. The summed E-state index contributed by atoms with van der Waals surface area (Å²) in [6.45, 7) is 0.